The molecule has 4 rings (SSSR count). The number of nitrogens with zero attached hydrogens (tertiary/aromatic N) is 4. The van der Waals surface area contributed by atoms with Crippen LogP contribution in [0.15, 0.2) is 24.4 Å². The molecule has 126 valence electrons. The lowest BCUT2D eigenvalue weighted by Gasteiger charge is -2.38. The molecule has 2 aromatic rings. The highest BCUT2D eigenvalue weighted by Gasteiger charge is 2.50. The van der Waals surface area contributed by atoms with Crippen molar-refractivity contribution in [1.29, 1.82) is 0 Å². The van der Waals surface area contributed by atoms with Gasteiger partial charge in [-0.3, -0.25) is 14.5 Å². The molecule has 1 N–H and O–H groups in total. The van der Waals surface area contributed by atoms with Crippen LogP contribution >= 0.6 is 0 Å². The number of pyridine rings is 1. The first-order chi connectivity index (χ1) is 11.6. The first-order valence-electron chi connectivity index (χ1n) is 8.59. The number of aryl methyl sites for hydroxylation is 2. The number of amides is 1. The van der Waals surface area contributed by atoms with Crippen LogP contribution in [0.2, 0.25) is 0 Å². The van der Waals surface area contributed by atoms with E-state index >= 15 is 0 Å². The molecular weight excluding hydrogens is 302 g/mol. The van der Waals surface area contributed by atoms with Crippen LogP contribution in [0.5, 0.6) is 0 Å². The third-order valence-corrected chi connectivity index (χ3v) is 5.25. The van der Waals surface area contributed by atoms with Crippen molar-refractivity contribution in [2.45, 2.75) is 38.6 Å². The monoisotopic (exact) mass is 325 g/mol. The highest BCUT2D eigenvalue weighted by Crippen LogP contribution is 2.42. The number of aromatic nitrogens is 3. The molecule has 1 spiro atoms. The Hall–Kier alpha value is -2.21. The maximum absolute atomic E-state index is 12.7. The molecule has 0 aromatic carbocycles. The molecule has 2 aliphatic heterocycles. The lowest BCUT2D eigenvalue weighted by atomic mass is 9.77. The van der Waals surface area contributed by atoms with Gasteiger partial charge in [-0.1, -0.05) is 0 Å². The minimum Gasteiger partial charge on any atom is -0.324 e. The van der Waals surface area contributed by atoms with Gasteiger partial charge in [-0.05, 0) is 51.4 Å². The zero-order valence-electron chi connectivity index (χ0n) is 14.2. The number of carbonyl (C=O) groups excluding carboxylic acids is 1. The Labute approximate surface area is 141 Å². The van der Waals surface area contributed by atoms with E-state index in [1.807, 2.05) is 19.1 Å². The number of rotatable bonds is 3. The Bertz CT molecular complexity index is 783. The van der Waals surface area contributed by atoms with E-state index in [1.54, 1.807) is 6.20 Å². The van der Waals surface area contributed by atoms with Gasteiger partial charge in [-0.2, -0.15) is 5.10 Å². The molecule has 1 saturated heterocycles. The van der Waals surface area contributed by atoms with Crippen LogP contribution in [-0.4, -0.2) is 45.2 Å². The first kappa shape index (κ1) is 15.3. The molecule has 2 aliphatic rings. The molecule has 0 aliphatic carbocycles. The van der Waals surface area contributed by atoms with Gasteiger partial charge < -0.3 is 10.2 Å². The van der Waals surface area contributed by atoms with E-state index in [0.717, 1.165) is 56.1 Å². The van der Waals surface area contributed by atoms with Crippen molar-refractivity contribution in [3.8, 4) is 0 Å². The van der Waals surface area contributed by atoms with Crippen LogP contribution in [0, 0.1) is 13.8 Å². The molecule has 6 heteroatoms. The van der Waals surface area contributed by atoms with Crippen molar-refractivity contribution in [3.05, 3.63) is 41.5 Å². The van der Waals surface area contributed by atoms with Crippen LogP contribution in [0.25, 0.3) is 0 Å². The number of carbonyl (C=O) groups is 1. The lowest BCUT2D eigenvalue weighted by molar-refractivity contribution is -0.123. The maximum Gasteiger partial charge on any atom is 0.238 e. The van der Waals surface area contributed by atoms with Gasteiger partial charge in [0.05, 0.1) is 23.6 Å². The van der Waals surface area contributed by atoms with Crippen LogP contribution in [0.1, 0.15) is 29.9 Å². The van der Waals surface area contributed by atoms with Crippen LogP contribution < -0.4 is 5.32 Å². The molecular formula is C18H23N5O. The summed E-state index contributed by atoms with van der Waals surface area (Å²) in [5.41, 5.74) is 3.55. The highest BCUT2D eigenvalue weighted by atomic mass is 16.2. The van der Waals surface area contributed by atoms with Crippen molar-refractivity contribution in [2.24, 2.45) is 0 Å². The minimum absolute atomic E-state index is 0.104. The summed E-state index contributed by atoms with van der Waals surface area (Å²) in [6, 6.07) is 5.92. The van der Waals surface area contributed by atoms with Crippen molar-refractivity contribution in [1.82, 2.24) is 19.7 Å². The maximum atomic E-state index is 12.7. The Morgan fingerprint density at radius 1 is 1.33 bits per heavy atom. The fraction of sp³-hybridized carbons (Fsp3) is 0.500. The number of hydrogen-bond acceptors (Lipinski definition) is 4. The fourth-order valence-electron chi connectivity index (χ4n) is 4.09. The van der Waals surface area contributed by atoms with Gasteiger partial charge in [0.1, 0.15) is 5.41 Å². The molecule has 1 unspecified atom stereocenters. The predicted octanol–water partition coefficient (Wildman–Crippen LogP) is 1.88. The number of fused-ring (bicyclic) bond motifs is 2. The van der Waals surface area contributed by atoms with E-state index in [4.69, 9.17) is 0 Å². The fourth-order valence-corrected chi connectivity index (χ4v) is 4.09. The first-order valence-corrected chi connectivity index (χ1v) is 8.59. The molecule has 2 aromatic heterocycles. The minimum atomic E-state index is -0.482. The van der Waals surface area contributed by atoms with Gasteiger partial charge in [-0.15, -0.1) is 0 Å². The number of anilines is 1. The second kappa shape index (κ2) is 5.70. The average molecular weight is 325 g/mol. The third kappa shape index (κ3) is 2.41. The summed E-state index contributed by atoms with van der Waals surface area (Å²) in [7, 11) is 0. The normalized spacial score (nSPS) is 23.5. The number of piperidine rings is 1. The second-order valence-electron chi connectivity index (χ2n) is 6.97. The van der Waals surface area contributed by atoms with Crippen molar-refractivity contribution >= 4 is 11.6 Å². The molecule has 6 nitrogen and oxygen atoms in total. The van der Waals surface area contributed by atoms with Crippen LogP contribution in [0.3, 0.4) is 0 Å². The summed E-state index contributed by atoms with van der Waals surface area (Å²) in [4.78, 5) is 19.6. The summed E-state index contributed by atoms with van der Waals surface area (Å²) in [6.45, 7) is 7.62. The molecule has 24 heavy (non-hydrogen) atoms. The Balaban J connectivity index is 1.52. The zero-order valence-corrected chi connectivity index (χ0v) is 14.2. The van der Waals surface area contributed by atoms with Gasteiger partial charge in [0.25, 0.3) is 0 Å². The third-order valence-electron chi connectivity index (χ3n) is 5.25. The van der Waals surface area contributed by atoms with E-state index in [0.29, 0.717) is 0 Å². The molecule has 1 fully saturated rings. The average Bonchev–Trinajstić information content (AvgIpc) is 3.03. The van der Waals surface area contributed by atoms with Gasteiger partial charge in [0, 0.05) is 25.0 Å². The molecule has 0 saturated carbocycles. The molecule has 0 bridgehead atoms. The number of hydrogen-bond donors (Lipinski definition) is 1. The van der Waals surface area contributed by atoms with E-state index in [-0.39, 0.29) is 5.91 Å². The summed E-state index contributed by atoms with van der Waals surface area (Å²) in [5.74, 6) is 0.104. The topological polar surface area (TPSA) is 63.1 Å². The lowest BCUT2D eigenvalue weighted by Crippen LogP contribution is -2.51. The predicted molar refractivity (Wildman–Crippen MR) is 91.9 cm³/mol. The Kier molecular flexibility index (Phi) is 3.64. The summed E-state index contributed by atoms with van der Waals surface area (Å²) < 4.78 is 2.05. The van der Waals surface area contributed by atoms with E-state index < -0.39 is 5.41 Å². The second-order valence-corrected chi connectivity index (χ2v) is 6.97. The van der Waals surface area contributed by atoms with Gasteiger partial charge in [-0.25, -0.2) is 0 Å². The summed E-state index contributed by atoms with van der Waals surface area (Å²) in [6.07, 6.45) is 3.68. The van der Waals surface area contributed by atoms with Gasteiger partial charge >= 0.3 is 0 Å². The molecule has 1 atom stereocenters. The van der Waals surface area contributed by atoms with E-state index in [9.17, 15) is 4.79 Å². The van der Waals surface area contributed by atoms with Gasteiger partial charge in [0.15, 0.2) is 0 Å². The van der Waals surface area contributed by atoms with Crippen molar-refractivity contribution in [2.75, 3.05) is 25.0 Å². The van der Waals surface area contributed by atoms with Crippen molar-refractivity contribution in [3.63, 3.8) is 0 Å². The Morgan fingerprint density at radius 3 is 3.00 bits per heavy atom. The van der Waals surface area contributed by atoms with Gasteiger partial charge in [0.2, 0.25) is 5.91 Å². The standard InChI is InChI=1S/C18H23N5O/c1-13-11-14(2)23(21-13)10-9-22-8-4-6-18(12-22)16-15(20-17(18)24)5-3-7-19-16/h3,5,7,11H,4,6,8-10,12H2,1-2H3,(H,20,24). The summed E-state index contributed by atoms with van der Waals surface area (Å²) >= 11 is 0. The van der Waals surface area contributed by atoms with Crippen LogP contribution in [0.4, 0.5) is 5.69 Å². The quantitative estimate of drug-likeness (QED) is 0.936. The summed E-state index contributed by atoms with van der Waals surface area (Å²) in [5, 5.41) is 7.55. The Morgan fingerprint density at radius 2 is 2.21 bits per heavy atom. The van der Waals surface area contributed by atoms with E-state index in [2.05, 4.69) is 38.0 Å². The highest BCUT2D eigenvalue weighted by molar-refractivity contribution is 6.05. The van der Waals surface area contributed by atoms with E-state index in [1.165, 1.54) is 5.69 Å². The molecule has 0 radical (unpaired) electrons. The number of likely N-dealkylation sites (tertiary alicyclic amines) is 1. The SMILES string of the molecule is Cc1cc(C)n(CCN2CCCC3(C2)C(=O)Nc2cccnc23)n1. The number of nitrogens with one attached hydrogen (secondary N) is 1. The smallest absolute Gasteiger partial charge is 0.238 e. The molecule has 1 amide bonds. The van der Waals surface area contributed by atoms with Crippen molar-refractivity contribution < 1.29 is 4.79 Å². The largest absolute Gasteiger partial charge is 0.324 e. The van der Waals surface area contributed by atoms with Crippen LogP contribution in [-0.2, 0) is 16.8 Å². The zero-order chi connectivity index (χ0) is 16.7. The molecule has 4 heterocycles.